The van der Waals surface area contributed by atoms with E-state index in [1.54, 1.807) is 13.8 Å². The van der Waals surface area contributed by atoms with Crippen LogP contribution in [0.1, 0.15) is 27.7 Å². The molecule has 6 rings (SSSR count). The molecule has 0 N–H and O–H groups in total. The van der Waals surface area contributed by atoms with Crippen molar-refractivity contribution in [3.05, 3.63) is 54.6 Å². The van der Waals surface area contributed by atoms with E-state index in [1.165, 1.54) is 0 Å². The maximum atomic E-state index is 12.9. The van der Waals surface area contributed by atoms with Crippen LogP contribution in [0.15, 0.2) is 59.0 Å². The maximum Gasteiger partial charge on any atom is 0.516 e. The molecule has 9 heteroatoms. The van der Waals surface area contributed by atoms with Crippen LogP contribution < -0.4 is 4.74 Å². The summed E-state index contributed by atoms with van der Waals surface area (Å²) in [7, 11) is 0. The van der Waals surface area contributed by atoms with E-state index in [1.807, 2.05) is 68.4 Å². The Morgan fingerprint density at radius 1 is 0.944 bits per heavy atom. The zero-order valence-electron chi connectivity index (χ0n) is 20.5. The molecule has 4 atom stereocenters. The molecule has 1 aromatic heterocycles. The van der Waals surface area contributed by atoms with Crippen molar-refractivity contribution in [2.75, 3.05) is 13.2 Å². The molecule has 3 aliphatic heterocycles. The highest BCUT2D eigenvalue weighted by Gasteiger charge is 2.66. The lowest BCUT2D eigenvalue weighted by atomic mass is 9.97. The van der Waals surface area contributed by atoms with Crippen molar-refractivity contribution in [3.8, 4) is 17.1 Å². The average molecular weight is 497 g/mol. The molecular weight excluding hydrogens is 468 g/mol. The van der Waals surface area contributed by atoms with Crippen LogP contribution in [0.4, 0.5) is 4.79 Å². The number of rotatable bonds is 4. The first-order valence-electron chi connectivity index (χ1n) is 11.9. The fourth-order valence-electron chi connectivity index (χ4n) is 5.19. The minimum atomic E-state index is -1.37. The molecule has 3 saturated heterocycles. The van der Waals surface area contributed by atoms with Crippen LogP contribution in [0, 0.1) is 0 Å². The molecule has 9 nitrogen and oxygen atoms in total. The number of fused-ring (bicyclic) bond motifs is 4. The Hall–Kier alpha value is -2.95. The second-order valence-electron chi connectivity index (χ2n) is 10.1. The molecule has 3 aliphatic rings. The number of ether oxygens (including phenoxy) is 7. The average Bonchev–Trinajstić information content (AvgIpc) is 3.45. The predicted octanol–water partition coefficient (Wildman–Crippen LogP) is 5.01. The molecular formula is C27H28O9. The summed E-state index contributed by atoms with van der Waals surface area (Å²) in [5.74, 6) is -3.10. The molecule has 0 radical (unpaired) electrons. The predicted molar refractivity (Wildman–Crippen MR) is 126 cm³/mol. The Labute approximate surface area is 208 Å². The minimum Gasteiger partial charge on any atom is -0.428 e. The number of para-hydroxylation sites is 1. The van der Waals surface area contributed by atoms with Crippen molar-refractivity contribution in [1.29, 1.82) is 0 Å². The van der Waals surface area contributed by atoms with Crippen LogP contribution in [0.3, 0.4) is 0 Å². The third-order valence-electron chi connectivity index (χ3n) is 6.47. The monoisotopic (exact) mass is 496 g/mol. The van der Waals surface area contributed by atoms with Gasteiger partial charge in [0.25, 0.3) is 0 Å². The van der Waals surface area contributed by atoms with Gasteiger partial charge in [0.05, 0.1) is 12.2 Å². The van der Waals surface area contributed by atoms with Crippen LogP contribution in [-0.2, 0) is 28.4 Å². The molecule has 0 unspecified atom stereocenters. The second kappa shape index (κ2) is 8.29. The lowest BCUT2D eigenvalue weighted by molar-refractivity contribution is -0.294. The SMILES string of the molecule is CC1(C)O[C@@H]2[C@@H](CO[C@@]3(COC(=O)Oc4oc5ccccc5c4-c4ccccc4)OC(C)(C)O[C@@H]23)O1. The number of furan rings is 1. The van der Waals surface area contributed by atoms with Gasteiger partial charge >= 0.3 is 12.1 Å². The normalized spacial score (nSPS) is 30.1. The van der Waals surface area contributed by atoms with Gasteiger partial charge in [-0.2, -0.15) is 0 Å². The first-order valence-corrected chi connectivity index (χ1v) is 11.9. The largest absolute Gasteiger partial charge is 0.516 e. The van der Waals surface area contributed by atoms with E-state index in [0.29, 0.717) is 11.1 Å². The van der Waals surface area contributed by atoms with Crippen molar-refractivity contribution in [2.24, 2.45) is 0 Å². The topological polar surface area (TPSA) is 94.8 Å². The highest BCUT2D eigenvalue weighted by molar-refractivity contribution is 5.97. The number of benzene rings is 2. The molecule has 36 heavy (non-hydrogen) atoms. The molecule has 4 heterocycles. The molecule has 0 amide bonds. The Morgan fingerprint density at radius 3 is 2.50 bits per heavy atom. The summed E-state index contributed by atoms with van der Waals surface area (Å²) in [6, 6.07) is 17.0. The third kappa shape index (κ3) is 4.07. The molecule has 0 aliphatic carbocycles. The summed E-state index contributed by atoms with van der Waals surface area (Å²) in [6.45, 7) is 7.13. The summed E-state index contributed by atoms with van der Waals surface area (Å²) in [4.78, 5) is 12.9. The lowest BCUT2D eigenvalue weighted by Gasteiger charge is -2.39. The van der Waals surface area contributed by atoms with Gasteiger partial charge in [-0.25, -0.2) is 4.79 Å². The maximum absolute atomic E-state index is 12.9. The van der Waals surface area contributed by atoms with E-state index < -0.39 is 35.7 Å². The summed E-state index contributed by atoms with van der Waals surface area (Å²) in [5, 5.41) is 0.821. The number of carbonyl (C=O) groups is 1. The molecule has 0 bridgehead atoms. The Balaban J connectivity index is 1.23. The molecule has 2 aromatic carbocycles. The van der Waals surface area contributed by atoms with Gasteiger partial charge in [0.1, 0.15) is 23.9 Å². The van der Waals surface area contributed by atoms with Gasteiger partial charge in [-0.15, -0.1) is 0 Å². The summed E-state index contributed by atoms with van der Waals surface area (Å²) >= 11 is 0. The van der Waals surface area contributed by atoms with Crippen LogP contribution >= 0.6 is 0 Å². The minimum absolute atomic E-state index is 0.0456. The molecule has 3 aromatic rings. The van der Waals surface area contributed by atoms with Crippen molar-refractivity contribution in [3.63, 3.8) is 0 Å². The van der Waals surface area contributed by atoms with Gasteiger partial charge in [-0.3, -0.25) is 0 Å². The Kier molecular flexibility index (Phi) is 5.40. The van der Waals surface area contributed by atoms with Crippen LogP contribution in [0.2, 0.25) is 0 Å². The fourth-order valence-corrected chi connectivity index (χ4v) is 5.19. The third-order valence-corrected chi connectivity index (χ3v) is 6.47. The smallest absolute Gasteiger partial charge is 0.428 e. The van der Waals surface area contributed by atoms with E-state index in [2.05, 4.69) is 0 Å². The summed E-state index contributed by atoms with van der Waals surface area (Å²) < 4.78 is 47.3. The Morgan fingerprint density at radius 2 is 1.69 bits per heavy atom. The molecule has 3 fully saturated rings. The fraction of sp³-hybridized carbons (Fsp3) is 0.444. The van der Waals surface area contributed by atoms with Crippen molar-refractivity contribution >= 4 is 17.1 Å². The number of hydrogen-bond donors (Lipinski definition) is 0. The summed E-state index contributed by atoms with van der Waals surface area (Å²) in [5.41, 5.74) is 2.10. The van der Waals surface area contributed by atoms with E-state index in [9.17, 15) is 4.79 Å². The van der Waals surface area contributed by atoms with Crippen LogP contribution in [0.5, 0.6) is 5.95 Å². The lowest BCUT2D eigenvalue weighted by Crippen LogP contribution is -2.60. The van der Waals surface area contributed by atoms with Crippen molar-refractivity contribution < 1.29 is 42.4 Å². The standard InChI is InChI=1S/C27H28O9/c1-25(2)33-19-14-30-27(22(21(19)34-25)35-26(3,4)36-27)15-29-24(28)32-23-20(16-10-6-5-7-11-16)17-12-8-9-13-18(17)31-23/h5-13,19,21-22H,14-15H2,1-4H3/t19-,21-,22+,27+/m1/s1. The number of carbonyl (C=O) groups excluding carboxylic acids is 1. The highest BCUT2D eigenvalue weighted by Crippen LogP contribution is 2.47. The zero-order valence-corrected chi connectivity index (χ0v) is 20.5. The van der Waals surface area contributed by atoms with Gasteiger partial charge < -0.3 is 37.6 Å². The number of hydrogen-bond acceptors (Lipinski definition) is 9. The summed E-state index contributed by atoms with van der Waals surface area (Å²) in [6.07, 6.45) is -2.41. The van der Waals surface area contributed by atoms with E-state index >= 15 is 0 Å². The van der Waals surface area contributed by atoms with Gasteiger partial charge in [-0.05, 0) is 39.3 Å². The quantitative estimate of drug-likeness (QED) is 0.462. The van der Waals surface area contributed by atoms with Gasteiger partial charge in [0, 0.05) is 5.39 Å². The Bertz CT molecular complexity index is 1280. The van der Waals surface area contributed by atoms with E-state index in [-0.39, 0.29) is 25.3 Å². The molecule has 0 spiro atoms. The van der Waals surface area contributed by atoms with Gasteiger partial charge in [0.2, 0.25) is 5.79 Å². The van der Waals surface area contributed by atoms with E-state index in [0.717, 1.165) is 10.9 Å². The molecule has 190 valence electrons. The van der Waals surface area contributed by atoms with Crippen molar-refractivity contribution in [1.82, 2.24) is 0 Å². The van der Waals surface area contributed by atoms with Crippen LogP contribution in [-0.4, -0.2) is 55.0 Å². The molecule has 0 saturated carbocycles. The van der Waals surface area contributed by atoms with Crippen LogP contribution in [0.25, 0.3) is 22.1 Å². The van der Waals surface area contributed by atoms with Gasteiger partial charge in [0.15, 0.2) is 18.2 Å². The van der Waals surface area contributed by atoms with Crippen molar-refractivity contribution in [2.45, 2.75) is 63.4 Å². The van der Waals surface area contributed by atoms with E-state index in [4.69, 9.17) is 37.6 Å². The first kappa shape index (κ1) is 23.4. The second-order valence-corrected chi connectivity index (χ2v) is 10.1. The highest BCUT2D eigenvalue weighted by atomic mass is 16.9. The van der Waals surface area contributed by atoms with Gasteiger partial charge in [-0.1, -0.05) is 48.5 Å². The zero-order chi connectivity index (χ0) is 25.1. The first-order chi connectivity index (χ1) is 17.1.